The SMILES string of the molecule is Cc1cc(N)nc2c1C(NC(=O)[C@H](C)NC(=O)[C@H]1C[C@H](Cc3ccc(F)cc3)CN1C(=O)OC(C)(C)C)CC2. The van der Waals surface area contributed by atoms with Gasteiger partial charge in [0.1, 0.15) is 29.3 Å². The predicted molar refractivity (Wildman–Crippen MR) is 145 cm³/mol. The third kappa shape index (κ3) is 6.85. The van der Waals surface area contributed by atoms with Crippen molar-refractivity contribution in [1.82, 2.24) is 20.5 Å². The number of nitrogens with two attached hydrogens (primary N) is 1. The van der Waals surface area contributed by atoms with E-state index >= 15 is 0 Å². The molecule has 3 amide bonds. The molecule has 1 unspecified atom stereocenters. The number of aromatic nitrogens is 1. The Bertz CT molecular complexity index is 1240. The fourth-order valence-corrected chi connectivity index (χ4v) is 5.48. The first kappa shape index (κ1) is 28.3. The van der Waals surface area contributed by atoms with Crippen molar-refractivity contribution in [3.05, 3.63) is 58.5 Å². The van der Waals surface area contributed by atoms with E-state index in [2.05, 4.69) is 15.6 Å². The van der Waals surface area contributed by atoms with E-state index in [1.165, 1.54) is 17.0 Å². The minimum absolute atomic E-state index is 0.0271. The van der Waals surface area contributed by atoms with Crippen LogP contribution in [0.4, 0.5) is 15.0 Å². The number of hydrogen-bond acceptors (Lipinski definition) is 6. The fourth-order valence-electron chi connectivity index (χ4n) is 5.48. The number of likely N-dealkylation sites (tertiary alicyclic amines) is 1. The van der Waals surface area contributed by atoms with Gasteiger partial charge in [-0.05, 0) is 101 Å². The van der Waals surface area contributed by atoms with Crippen LogP contribution in [0.1, 0.15) is 69.0 Å². The van der Waals surface area contributed by atoms with Crippen molar-refractivity contribution < 1.29 is 23.5 Å². The van der Waals surface area contributed by atoms with Crippen molar-refractivity contribution in [3.63, 3.8) is 0 Å². The van der Waals surface area contributed by atoms with Gasteiger partial charge >= 0.3 is 6.09 Å². The molecule has 1 saturated heterocycles. The molecule has 4 rings (SSSR count). The van der Waals surface area contributed by atoms with Crippen molar-refractivity contribution >= 4 is 23.7 Å². The van der Waals surface area contributed by atoms with E-state index in [0.717, 1.165) is 28.8 Å². The maximum atomic E-state index is 13.4. The molecular formula is C29H38FN5O4. The first-order chi connectivity index (χ1) is 18.3. The summed E-state index contributed by atoms with van der Waals surface area (Å²) in [4.78, 5) is 45.3. The van der Waals surface area contributed by atoms with Gasteiger partial charge in [-0.25, -0.2) is 14.2 Å². The first-order valence-electron chi connectivity index (χ1n) is 13.4. The second-order valence-corrected chi connectivity index (χ2v) is 11.6. The van der Waals surface area contributed by atoms with Crippen LogP contribution in [0.25, 0.3) is 0 Å². The molecule has 0 spiro atoms. The molecule has 1 aliphatic carbocycles. The van der Waals surface area contributed by atoms with Gasteiger partial charge in [0.15, 0.2) is 0 Å². The summed E-state index contributed by atoms with van der Waals surface area (Å²) in [6.07, 6.45) is 1.83. The van der Waals surface area contributed by atoms with Crippen molar-refractivity contribution in [2.45, 2.75) is 84.0 Å². The van der Waals surface area contributed by atoms with Crippen LogP contribution in [0.5, 0.6) is 0 Å². The molecule has 1 aromatic heterocycles. The highest BCUT2D eigenvalue weighted by atomic mass is 19.1. The minimum Gasteiger partial charge on any atom is -0.444 e. The molecule has 1 fully saturated rings. The number of pyridine rings is 1. The smallest absolute Gasteiger partial charge is 0.410 e. The van der Waals surface area contributed by atoms with E-state index in [9.17, 15) is 18.8 Å². The number of anilines is 1. The summed E-state index contributed by atoms with van der Waals surface area (Å²) in [5.41, 5.74) is 8.90. The third-order valence-electron chi connectivity index (χ3n) is 7.21. The molecule has 4 N–H and O–H groups in total. The Hall–Kier alpha value is -3.69. The summed E-state index contributed by atoms with van der Waals surface area (Å²) in [7, 11) is 0. The molecule has 2 aromatic rings. The number of amides is 3. The summed E-state index contributed by atoms with van der Waals surface area (Å²) in [6.45, 7) is 9.20. The zero-order chi connectivity index (χ0) is 28.5. The molecule has 10 heteroatoms. The molecule has 0 saturated carbocycles. The number of carbonyl (C=O) groups excluding carboxylic acids is 3. The van der Waals surface area contributed by atoms with Gasteiger partial charge in [0.25, 0.3) is 0 Å². The largest absolute Gasteiger partial charge is 0.444 e. The Kier molecular flexibility index (Phi) is 8.13. The molecular weight excluding hydrogens is 501 g/mol. The average molecular weight is 540 g/mol. The van der Waals surface area contributed by atoms with Gasteiger partial charge in [-0.3, -0.25) is 14.5 Å². The molecule has 2 heterocycles. The highest BCUT2D eigenvalue weighted by Crippen LogP contribution is 2.33. The van der Waals surface area contributed by atoms with Crippen molar-refractivity contribution in [1.29, 1.82) is 0 Å². The zero-order valence-corrected chi connectivity index (χ0v) is 23.2. The predicted octanol–water partition coefficient (Wildman–Crippen LogP) is 3.59. The summed E-state index contributed by atoms with van der Waals surface area (Å²) >= 11 is 0. The average Bonchev–Trinajstić information content (AvgIpc) is 3.44. The lowest BCUT2D eigenvalue weighted by Crippen LogP contribution is -2.52. The highest BCUT2D eigenvalue weighted by molar-refractivity contribution is 5.91. The fraction of sp³-hybridized carbons (Fsp3) is 0.517. The summed E-state index contributed by atoms with van der Waals surface area (Å²) < 4.78 is 18.9. The third-order valence-corrected chi connectivity index (χ3v) is 7.21. The van der Waals surface area contributed by atoms with E-state index in [-0.39, 0.29) is 23.7 Å². The topological polar surface area (TPSA) is 127 Å². The molecule has 0 bridgehead atoms. The molecule has 1 aromatic carbocycles. The number of halogens is 1. The van der Waals surface area contributed by atoms with E-state index in [4.69, 9.17) is 10.5 Å². The second-order valence-electron chi connectivity index (χ2n) is 11.6. The van der Waals surface area contributed by atoms with Crippen LogP contribution >= 0.6 is 0 Å². The maximum Gasteiger partial charge on any atom is 0.410 e. The number of rotatable bonds is 6. The number of benzene rings is 1. The van der Waals surface area contributed by atoms with E-state index < -0.39 is 29.7 Å². The van der Waals surface area contributed by atoms with Gasteiger partial charge in [0.05, 0.1) is 6.04 Å². The van der Waals surface area contributed by atoms with E-state index in [1.807, 2.05) is 6.92 Å². The van der Waals surface area contributed by atoms with Gasteiger partial charge in [0.2, 0.25) is 11.8 Å². The number of carbonyl (C=O) groups is 3. The standard InChI is InChI=1S/C29H38FN5O4/c1-16-12-24(31)33-21-10-11-22(25(16)21)34-26(36)17(2)32-27(37)23-14-19(13-18-6-8-20(30)9-7-18)15-35(23)28(38)39-29(3,4)5/h6-9,12,17,19,22-23H,10-11,13-15H2,1-5H3,(H2,31,33)(H,32,37)(H,34,36)/t17-,19-,22?,23+/m0/s1. The van der Waals surface area contributed by atoms with Crippen LogP contribution in [0, 0.1) is 18.7 Å². The Labute approximate surface area is 228 Å². The Morgan fingerprint density at radius 3 is 2.59 bits per heavy atom. The lowest BCUT2D eigenvalue weighted by Gasteiger charge is -2.28. The second kappa shape index (κ2) is 11.2. The minimum atomic E-state index is -0.819. The molecule has 0 radical (unpaired) electrons. The Morgan fingerprint density at radius 1 is 1.23 bits per heavy atom. The molecule has 1 aliphatic heterocycles. The number of fused-ring (bicyclic) bond motifs is 1. The Morgan fingerprint density at radius 2 is 1.92 bits per heavy atom. The van der Waals surface area contributed by atoms with Gasteiger partial charge in [-0.1, -0.05) is 12.1 Å². The summed E-state index contributed by atoms with van der Waals surface area (Å²) in [5.74, 6) is -0.616. The van der Waals surface area contributed by atoms with Crippen LogP contribution in [0.3, 0.4) is 0 Å². The summed E-state index contributed by atoms with van der Waals surface area (Å²) in [6, 6.07) is 6.19. The van der Waals surface area contributed by atoms with Crippen LogP contribution in [-0.2, 0) is 27.2 Å². The number of nitrogens with zero attached hydrogens (tertiary/aromatic N) is 2. The van der Waals surface area contributed by atoms with Gasteiger partial charge in [-0.15, -0.1) is 0 Å². The zero-order valence-electron chi connectivity index (χ0n) is 23.2. The van der Waals surface area contributed by atoms with Gasteiger partial charge in [0, 0.05) is 12.2 Å². The Balaban J connectivity index is 1.42. The van der Waals surface area contributed by atoms with Crippen molar-refractivity contribution in [2.24, 2.45) is 5.92 Å². The number of aryl methyl sites for hydroxylation is 2. The number of hydrogen-bond donors (Lipinski definition) is 3. The normalized spacial score (nSPS) is 21.3. The molecule has 4 atom stereocenters. The van der Waals surface area contributed by atoms with Gasteiger partial charge < -0.3 is 21.1 Å². The lowest BCUT2D eigenvalue weighted by atomic mass is 9.96. The molecule has 210 valence electrons. The van der Waals surface area contributed by atoms with E-state index in [1.54, 1.807) is 45.9 Å². The van der Waals surface area contributed by atoms with Crippen LogP contribution in [0.15, 0.2) is 30.3 Å². The van der Waals surface area contributed by atoms with Crippen molar-refractivity contribution in [3.8, 4) is 0 Å². The van der Waals surface area contributed by atoms with Gasteiger partial charge in [-0.2, -0.15) is 0 Å². The number of ether oxygens (including phenoxy) is 1. The maximum absolute atomic E-state index is 13.4. The van der Waals surface area contributed by atoms with Crippen LogP contribution < -0.4 is 16.4 Å². The number of nitrogen functional groups attached to an aromatic ring is 1. The monoisotopic (exact) mass is 539 g/mol. The highest BCUT2D eigenvalue weighted by Gasteiger charge is 2.42. The quantitative estimate of drug-likeness (QED) is 0.515. The van der Waals surface area contributed by atoms with Crippen LogP contribution in [-0.4, -0.2) is 52.0 Å². The molecule has 39 heavy (non-hydrogen) atoms. The summed E-state index contributed by atoms with van der Waals surface area (Å²) in [5, 5.41) is 5.83. The lowest BCUT2D eigenvalue weighted by molar-refractivity contribution is -0.131. The van der Waals surface area contributed by atoms with E-state index in [0.29, 0.717) is 31.6 Å². The molecule has 9 nitrogen and oxygen atoms in total. The molecule has 2 aliphatic rings. The number of nitrogens with one attached hydrogen (secondary N) is 2. The first-order valence-corrected chi connectivity index (χ1v) is 13.4. The van der Waals surface area contributed by atoms with Crippen molar-refractivity contribution in [2.75, 3.05) is 12.3 Å². The van der Waals surface area contributed by atoms with Crippen LogP contribution in [0.2, 0.25) is 0 Å².